The molecule has 0 aromatic carbocycles. The Morgan fingerprint density at radius 2 is 2.25 bits per heavy atom. The standard InChI is InChI=1S/C13H22N2S/c1-3-12-9-15-13(16-12)10(2)14-8-11-6-4-5-7-11/h9-11,14H,3-8H2,1-2H3. The minimum atomic E-state index is 0.422. The Kier molecular flexibility index (Phi) is 4.36. The second-order valence-electron chi connectivity index (χ2n) is 4.80. The highest BCUT2D eigenvalue weighted by Crippen LogP contribution is 2.25. The zero-order valence-electron chi connectivity index (χ0n) is 10.3. The molecule has 0 bridgehead atoms. The molecule has 1 fully saturated rings. The van der Waals surface area contributed by atoms with Crippen LogP contribution in [-0.2, 0) is 6.42 Å². The molecule has 1 aliphatic rings. The summed E-state index contributed by atoms with van der Waals surface area (Å²) in [7, 11) is 0. The third kappa shape index (κ3) is 3.05. The number of nitrogens with one attached hydrogen (secondary N) is 1. The van der Waals surface area contributed by atoms with Gasteiger partial charge in [0.2, 0.25) is 0 Å². The zero-order chi connectivity index (χ0) is 11.4. The molecule has 0 spiro atoms. The lowest BCUT2D eigenvalue weighted by molar-refractivity contribution is 0.452. The maximum Gasteiger partial charge on any atom is 0.109 e. The molecule has 1 heterocycles. The van der Waals surface area contributed by atoms with E-state index in [0.29, 0.717) is 6.04 Å². The SMILES string of the molecule is CCc1cnc(C(C)NCC2CCCC2)s1. The summed E-state index contributed by atoms with van der Waals surface area (Å²) < 4.78 is 0. The van der Waals surface area contributed by atoms with Crippen LogP contribution in [0.2, 0.25) is 0 Å². The van der Waals surface area contributed by atoms with Gasteiger partial charge in [-0.25, -0.2) is 4.98 Å². The Morgan fingerprint density at radius 1 is 1.50 bits per heavy atom. The summed E-state index contributed by atoms with van der Waals surface area (Å²) in [6.45, 7) is 5.59. The molecule has 3 heteroatoms. The van der Waals surface area contributed by atoms with Crippen LogP contribution in [-0.4, -0.2) is 11.5 Å². The molecule has 1 saturated carbocycles. The average molecular weight is 238 g/mol. The quantitative estimate of drug-likeness (QED) is 0.848. The maximum absolute atomic E-state index is 4.49. The summed E-state index contributed by atoms with van der Waals surface area (Å²) in [6, 6.07) is 0.422. The number of hydrogen-bond acceptors (Lipinski definition) is 3. The second-order valence-corrected chi connectivity index (χ2v) is 5.95. The van der Waals surface area contributed by atoms with Gasteiger partial charge in [0.05, 0.1) is 6.04 Å². The number of thiazole rings is 1. The van der Waals surface area contributed by atoms with Gasteiger partial charge in [-0.05, 0) is 38.6 Å². The van der Waals surface area contributed by atoms with Crippen molar-refractivity contribution in [2.75, 3.05) is 6.54 Å². The molecule has 0 aliphatic heterocycles. The number of aryl methyl sites for hydroxylation is 1. The topological polar surface area (TPSA) is 24.9 Å². The predicted molar refractivity (Wildman–Crippen MR) is 69.9 cm³/mol. The van der Waals surface area contributed by atoms with Crippen molar-refractivity contribution in [2.24, 2.45) is 5.92 Å². The molecule has 16 heavy (non-hydrogen) atoms. The normalized spacial score (nSPS) is 19.1. The fraction of sp³-hybridized carbons (Fsp3) is 0.769. The summed E-state index contributed by atoms with van der Waals surface area (Å²) in [5.74, 6) is 0.910. The third-order valence-corrected chi connectivity index (χ3v) is 4.80. The summed E-state index contributed by atoms with van der Waals surface area (Å²) in [5.41, 5.74) is 0. The molecule has 2 rings (SSSR count). The smallest absolute Gasteiger partial charge is 0.109 e. The highest BCUT2D eigenvalue weighted by atomic mass is 32.1. The van der Waals surface area contributed by atoms with Crippen LogP contribution in [0.1, 0.15) is 55.5 Å². The minimum Gasteiger partial charge on any atom is -0.308 e. The van der Waals surface area contributed by atoms with E-state index in [1.807, 2.05) is 17.5 Å². The average Bonchev–Trinajstić information content (AvgIpc) is 2.96. The van der Waals surface area contributed by atoms with E-state index < -0.39 is 0 Å². The summed E-state index contributed by atoms with van der Waals surface area (Å²) >= 11 is 1.85. The lowest BCUT2D eigenvalue weighted by atomic mass is 10.1. The zero-order valence-corrected chi connectivity index (χ0v) is 11.1. The van der Waals surface area contributed by atoms with Crippen LogP contribution in [0.15, 0.2) is 6.20 Å². The number of aromatic nitrogens is 1. The number of rotatable bonds is 5. The first-order chi connectivity index (χ1) is 7.79. The van der Waals surface area contributed by atoms with E-state index in [1.54, 1.807) is 0 Å². The molecule has 0 radical (unpaired) electrons. The van der Waals surface area contributed by atoms with Crippen molar-refractivity contribution in [2.45, 2.75) is 52.0 Å². The third-order valence-electron chi connectivity index (χ3n) is 3.48. The minimum absolute atomic E-state index is 0.422. The number of nitrogens with zero attached hydrogens (tertiary/aromatic N) is 1. The largest absolute Gasteiger partial charge is 0.308 e. The summed E-state index contributed by atoms with van der Waals surface area (Å²) in [6.07, 6.45) is 8.81. The molecule has 0 amide bonds. The Hall–Kier alpha value is -0.410. The van der Waals surface area contributed by atoms with Crippen molar-refractivity contribution in [3.8, 4) is 0 Å². The maximum atomic E-state index is 4.49. The highest BCUT2D eigenvalue weighted by Gasteiger charge is 2.16. The molecule has 90 valence electrons. The molecule has 0 saturated heterocycles. The lowest BCUT2D eigenvalue weighted by Gasteiger charge is -2.14. The van der Waals surface area contributed by atoms with Gasteiger partial charge in [-0.3, -0.25) is 0 Å². The first-order valence-electron chi connectivity index (χ1n) is 6.47. The predicted octanol–water partition coefficient (Wildman–Crippen LogP) is 3.55. The van der Waals surface area contributed by atoms with Crippen LogP contribution < -0.4 is 5.32 Å². The van der Waals surface area contributed by atoms with E-state index in [1.165, 1.54) is 42.1 Å². The fourth-order valence-corrected chi connectivity index (χ4v) is 3.22. The van der Waals surface area contributed by atoms with Crippen LogP contribution in [0.25, 0.3) is 0 Å². The molecule has 1 aromatic rings. The van der Waals surface area contributed by atoms with Crippen molar-refractivity contribution in [3.63, 3.8) is 0 Å². The van der Waals surface area contributed by atoms with E-state index in [-0.39, 0.29) is 0 Å². The van der Waals surface area contributed by atoms with E-state index in [0.717, 1.165) is 12.3 Å². The fourth-order valence-electron chi connectivity index (χ4n) is 2.33. The van der Waals surface area contributed by atoms with Crippen molar-refractivity contribution < 1.29 is 0 Å². The van der Waals surface area contributed by atoms with Gasteiger partial charge >= 0.3 is 0 Å². The van der Waals surface area contributed by atoms with E-state index in [4.69, 9.17) is 0 Å². The second kappa shape index (κ2) is 5.78. The van der Waals surface area contributed by atoms with Crippen LogP contribution in [0, 0.1) is 5.92 Å². The van der Waals surface area contributed by atoms with Crippen LogP contribution in [0.4, 0.5) is 0 Å². The van der Waals surface area contributed by atoms with Crippen molar-refractivity contribution in [1.29, 1.82) is 0 Å². The lowest BCUT2D eigenvalue weighted by Crippen LogP contribution is -2.24. The molecule has 1 unspecified atom stereocenters. The Balaban J connectivity index is 1.80. The molecular formula is C13H22N2S. The van der Waals surface area contributed by atoms with Gasteiger partial charge in [0.1, 0.15) is 5.01 Å². The molecule has 1 aliphatic carbocycles. The summed E-state index contributed by atoms with van der Waals surface area (Å²) in [4.78, 5) is 5.88. The van der Waals surface area contributed by atoms with Gasteiger partial charge < -0.3 is 5.32 Å². The number of hydrogen-bond donors (Lipinski definition) is 1. The van der Waals surface area contributed by atoms with E-state index in [9.17, 15) is 0 Å². The first kappa shape index (κ1) is 12.1. The van der Waals surface area contributed by atoms with Crippen molar-refractivity contribution in [1.82, 2.24) is 10.3 Å². The summed E-state index contributed by atoms with van der Waals surface area (Å²) in [5, 5.41) is 4.87. The monoisotopic (exact) mass is 238 g/mol. The Labute approximate surface area is 102 Å². The molecule has 2 nitrogen and oxygen atoms in total. The molecular weight excluding hydrogens is 216 g/mol. The van der Waals surface area contributed by atoms with E-state index in [2.05, 4.69) is 24.1 Å². The van der Waals surface area contributed by atoms with Crippen molar-refractivity contribution >= 4 is 11.3 Å². The van der Waals surface area contributed by atoms with Crippen molar-refractivity contribution in [3.05, 3.63) is 16.1 Å². The van der Waals surface area contributed by atoms with Crippen LogP contribution in [0.3, 0.4) is 0 Å². The first-order valence-corrected chi connectivity index (χ1v) is 7.29. The molecule has 1 aromatic heterocycles. The highest BCUT2D eigenvalue weighted by molar-refractivity contribution is 7.11. The van der Waals surface area contributed by atoms with E-state index >= 15 is 0 Å². The van der Waals surface area contributed by atoms with Gasteiger partial charge in [-0.2, -0.15) is 0 Å². The van der Waals surface area contributed by atoms with Gasteiger partial charge in [0.25, 0.3) is 0 Å². The van der Waals surface area contributed by atoms with Gasteiger partial charge in [-0.1, -0.05) is 19.8 Å². The van der Waals surface area contributed by atoms with Crippen LogP contribution in [0.5, 0.6) is 0 Å². The van der Waals surface area contributed by atoms with Gasteiger partial charge in [0, 0.05) is 11.1 Å². The Morgan fingerprint density at radius 3 is 2.88 bits per heavy atom. The van der Waals surface area contributed by atoms with Gasteiger partial charge in [0.15, 0.2) is 0 Å². The molecule has 1 atom stereocenters. The molecule has 1 N–H and O–H groups in total. The Bertz CT molecular complexity index is 315. The van der Waals surface area contributed by atoms with Gasteiger partial charge in [-0.15, -0.1) is 11.3 Å². The van der Waals surface area contributed by atoms with Crippen LogP contribution >= 0.6 is 11.3 Å².